The molecule has 0 spiro atoms. The summed E-state index contributed by atoms with van der Waals surface area (Å²) in [7, 11) is 0. The van der Waals surface area contributed by atoms with Crippen LogP contribution in [0.5, 0.6) is 11.5 Å². The highest BCUT2D eigenvalue weighted by atomic mass is 16.6. The molecule has 0 bridgehead atoms. The normalized spacial score (nSPS) is 18.9. The molecule has 0 unspecified atom stereocenters. The van der Waals surface area contributed by atoms with E-state index in [1.165, 1.54) is 5.56 Å². The Bertz CT molecular complexity index is 659. The molecule has 27 heavy (non-hydrogen) atoms. The van der Waals surface area contributed by atoms with E-state index in [-0.39, 0.29) is 18.1 Å². The number of fused-ring (bicyclic) bond motifs is 1. The van der Waals surface area contributed by atoms with Gasteiger partial charge in [0.2, 0.25) is 0 Å². The highest BCUT2D eigenvalue weighted by molar-refractivity contribution is 5.68. The van der Waals surface area contributed by atoms with E-state index in [4.69, 9.17) is 14.2 Å². The van der Waals surface area contributed by atoms with Gasteiger partial charge in [0.15, 0.2) is 11.5 Å². The Morgan fingerprint density at radius 2 is 1.85 bits per heavy atom. The number of hydrogen-bond donors (Lipinski definition) is 1. The van der Waals surface area contributed by atoms with Crippen molar-refractivity contribution in [1.82, 2.24) is 4.90 Å². The smallest absolute Gasteiger partial charge is 0.410 e. The van der Waals surface area contributed by atoms with Crippen molar-refractivity contribution < 1.29 is 24.1 Å². The molecule has 0 saturated carbocycles. The summed E-state index contributed by atoms with van der Waals surface area (Å²) in [4.78, 5) is 14.0. The maximum absolute atomic E-state index is 12.2. The molecule has 2 aliphatic rings. The van der Waals surface area contributed by atoms with E-state index >= 15 is 0 Å². The fourth-order valence-electron chi connectivity index (χ4n) is 3.63. The van der Waals surface area contributed by atoms with E-state index in [2.05, 4.69) is 6.07 Å². The molecule has 0 aliphatic carbocycles. The summed E-state index contributed by atoms with van der Waals surface area (Å²) in [6.45, 7) is 8.18. The Hall–Kier alpha value is -1.95. The monoisotopic (exact) mass is 377 g/mol. The van der Waals surface area contributed by atoms with Crippen LogP contribution < -0.4 is 9.47 Å². The van der Waals surface area contributed by atoms with Crippen LogP contribution in [0.2, 0.25) is 0 Å². The number of benzene rings is 1. The lowest BCUT2D eigenvalue weighted by Crippen LogP contribution is -2.46. The molecule has 1 N–H and O–H groups in total. The van der Waals surface area contributed by atoms with Crippen molar-refractivity contribution in [1.29, 1.82) is 0 Å². The van der Waals surface area contributed by atoms with Gasteiger partial charge in [0.25, 0.3) is 0 Å². The van der Waals surface area contributed by atoms with Gasteiger partial charge in [-0.3, -0.25) is 0 Å². The van der Waals surface area contributed by atoms with Gasteiger partial charge in [0.05, 0.1) is 0 Å². The largest absolute Gasteiger partial charge is 0.486 e. The van der Waals surface area contributed by atoms with Crippen LogP contribution in [0, 0.1) is 5.41 Å². The molecule has 0 aromatic heterocycles. The van der Waals surface area contributed by atoms with Gasteiger partial charge in [0.1, 0.15) is 18.8 Å². The predicted molar refractivity (Wildman–Crippen MR) is 102 cm³/mol. The van der Waals surface area contributed by atoms with Crippen LogP contribution in [-0.2, 0) is 11.2 Å². The fourth-order valence-corrected chi connectivity index (χ4v) is 3.63. The topological polar surface area (TPSA) is 68.2 Å². The molecule has 6 nitrogen and oxygen atoms in total. The predicted octanol–water partition coefficient (Wildman–Crippen LogP) is 3.40. The number of aliphatic hydroxyl groups excluding tert-OH is 1. The number of likely N-dealkylation sites (tertiary alicyclic amines) is 1. The van der Waals surface area contributed by atoms with Crippen molar-refractivity contribution in [2.45, 2.75) is 52.1 Å². The number of carbonyl (C=O) groups is 1. The number of aryl methyl sites for hydroxylation is 1. The van der Waals surface area contributed by atoms with Gasteiger partial charge in [-0.15, -0.1) is 0 Å². The lowest BCUT2D eigenvalue weighted by molar-refractivity contribution is -0.00237. The van der Waals surface area contributed by atoms with Gasteiger partial charge in [-0.1, -0.05) is 6.07 Å². The number of carbonyl (C=O) groups excluding carboxylic acids is 1. The van der Waals surface area contributed by atoms with E-state index < -0.39 is 5.60 Å². The molecule has 1 aromatic rings. The van der Waals surface area contributed by atoms with Crippen LogP contribution in [0.25, 0.3) is 0 Å². The van der Waals surface area contributed by atoms with Gasteiger partial charge in [-0.2, -0.15) is 0 Å². The van der Waals surface area contributed by atoms with Gasteiger partial charge < -0.3 is 24.2 Å². The number of nitrogens with zero attached hydrogens (tertiary/aromatic N) is 1. The minimum atomic E-state index is -0.485. The summed E-state index contributed by atoms with van der Waals surface area (Å²) >= 11 is 0. The number of hydrogen-bond acceptors (Lipinski definition) is 5. The Labute approximate surface area is 161 Å². The van der Waals surface area contributed by atoms with E-state index in [1.54, 1.807) is 4.90 Å². The van der Waals surface area contributed by atoms with Crippen molar-refractivity contribution in [3.63, 3.8) is 0 Å². The van der Waals surface area contributed by atoms with E-state index in [9.17, 15) is 9.90 Å². The Kier molecular flexibility index (Phi) is 5.84. The number of ether oxygens (including phenoxy) is 3. The lowest BCUT2D eigenvalue weighted by atomic mass is 9.75. The molecule has 6 heteroatoms. The van der Waals surface area contributed by atoms with Crippen molar-refractivity contribution >= 4 is 6.09 Å². The first-order chi connectivity index (χ1) is 12.8. The minimum absolute atomic E-state index is 0.139. The molecule has 2 aliphatic heterocycles. The molecule has 3 rings (SSSR count). The average molecular weight is 377 g/mol. The maximum Gasteiger partial charge on any atom is 0.410 e. The third-order valence-corrected chi connectivity index (χ3v) is 5.36. The second-order valence-corrected chi connectivity index (χ2v) is 8.60. The standard InChI is InChI=1S/C21H31NO5/c1-20(2,3)27-19(24)22-10-8-21(15-23,9-11-22)7-6-16-4-5-17-18(14-16)26-13-12-25-17/h4-5,14,23H,6-13,15H2,1-3H3. The van der Waals surface area contributed by atoms with Crippen molar-refractivity contribution in [3.05, 3.63) is 23.8 Å². The molecule has 150 valence electrons. The minimum Gasteiger partial charge on any atom is -0.486 e. The van der Waals surface area contributed by atoms with Crippen molar-refractivity contribution in [2.75, 3.05) is 32.9 Å². The number of aliphatic hydroxyl groups is 1. The summed E-state index contributed by atoms with van der Waals surface area (Å²) in [6, 6.07) is 6.06. The molecular weight excluding hydrogens is 346 g/mol. The molecule has 0 radical (unpaired) electrons. The zero-order valence-corrected chi connectivity index (χ0v) is 16.6. The zero-order valence-electron chi connectivity index (χ0n) is 16.6. The molecule has 1 saturated heterocycles. The molecule has 1 fully saturated rings. The Balaban J connectivity index is 1.55. The zero-order chi connectivity index (χ0) is 19.5. The first-order valence-electron chi connectivity index (χ1n) is 9.78. The van der Waals surface area contributed by atoms with Crippen LogP contribution in [-0.4, -0.2) is 54.6 Å². The summed E-state index contributed by atoms with van der Waals surface area (Å²) in [6.07, 6.45) is 3.05. The highest BCUT2D eigenvalue weighted by Gasteiger charge is 2.36. The Morgan fingerprint density at radius 3 is 2.48 bits per heavy atom. The van der Waals surface area contributed by atoms with Gasteiger partial charge in [-0.25, -0.2) is 4.79 Å². The van der Waals surface area contributed by atoms with Crippen LogP contribution in [0.3, 0.4) is 0 Å². The summed E-state index contributed by atoms with van der Waals surface area (Å²) in [5.74, 6) is 1.60. The fraction of sp³-hybridized carbons (Fsp3) is 0.667. The van der Waals surface area contributed by atoms with Crippen molar-refractivity contribution in [3.8, 4) is 11.5 Å². The lowest BCUT2D eigenvalue weighted by Gasteiger charge is -2.41. The number of piperidine rings is 1. The van der Waals surface area contributed by atoms with Gasteiger partial charge in [0, 0.05) is 19.7 Å². The molecule has 2 heterocycles. The molecular formula is C21H31NO5. The average Bonchev–Trinajstić information content (AvgIpc) is 2.65. The van der Waals surface area contributed by atoms with Crippen LogP contribution in [0.4, 0.5) is 4.79 Å². The summed E-state index contributed by atoms with van der Waals surface area (Å²) < 4.78 is 16.7. The second-order valence-electron chi connectivity index (χ2n) is 8.60. The Morgan fingerprint density at radius 1 is 1.19 bits per heavy atom. The molecule has 1 amide bonds. The summed E-state index contributed by atoms with van der Waals surface area (Å²) in [5.41, 5.74) is 0.550. The SMILES string of the molecule is CC(C)(C)OC(=O)N1CCC(CO)(CCc2ccc3c(c2)OCCO3)CC1. The first-order valence-corrected chi connectivity index (χ1v) is 9.78. The quantitative estimate of drug-likeness (QED) is 0.871. The van der Waals surface area contributed by atoms with Crippen LogP contribution >= 0.6 is 0 Å². The molecule has 1 aromatic carbocycles. The maximum atomic E-state index is 12.2. The van der Waals surface area contributed by atoms with Crippen molar-refractivity contribution in [2.24, 2.45) is 5.41 Å². The number of amides is 1. The van der Waals surface area contributed by atoms with Gasteiger partial charge in [-0.05, 0) is 69.6 Å². The van der Waals surface area contributed by atoms with Crippen LogP contribution in [0.15, 0.2) is 18.2 Å². The van der Waals surface area contributed by atoms with Gasteiger partial charge >= 0.3 is 6.09 Å². The van der Waals surface area contributed by atoms with E-state index in [1.807, 2.05) is 32.9 Å². The molecule has 0 atom stereocenters. The highest BCUT2D eigenvalue weighted by Crippen LogP contribution is 2.37. The summed E-state index contributed by atoms with van der Waals surface area (Å²) in [5, 5.41) is 10.0. The third-order valence-electron chi connectivity index (χ3n) is 5.36. The van der Waals surface area contributed by atoms with E-state index in [0.29, 0.717) is 26.3 Å². The number of rotatable bonds is 4. The van der Waals surface area contributed by atoms with E-state index in [0.717, 1.165) is 37.2 Å². The third kappa shape index (κ3) is 5.06. The first kappa shape index (κ1) is 19.8. The van der Waals surface area contributed by atoms with Crippen LogP contribution in [0.1, 0.15) is 45.6 Å². The second kappa shape index (κ2) is 7.97.